The van der Waals surface area contributed by atoms with Gasteiger partial charge in [0.05, 0.1) is 0 Å². The predicted molar refractivity (Wildman–Crippen MR) is 79.1 cm³/mol. The first-order valence-corrected chi connectivity index (χ1v) is 6.80. The van der Waals surface area contributed by atoms with Crippen LogP contribution in [0.25, 0.3) is 0 Å². The van der Waals surface area contributed by atoms with E-state index in [2.05, 4.69) is 75.4 Å². The third kappa shape index (κ3) is 3.22. The molecule has 0 aliphatic carbocycles. The Morgan fingerprint density at radius 2 is 1.33 bits per heavy atom. The zero-order valence-corrected chi connectivity index (χ0v) is 11.6. The summed E-state index contributed by atoms with van der Waals surface area (Å²) in [4.78, 5) is 0. The molecule has 1 atom stereocenters. The fraction of sp³-hybridized carbons (Fsp3) is 0.333. The zero-order valence-electron chi connectivity index (χ0n) is 11.6. The molecule has 0 saturated carbocycles. The summed E-state index contributed by atoms with van der Waals surface area (Å²) in [6.07, 6.45) is 1.11. The average Bonchev–Trinajstić information content (AvgIpc) is 2.40. The fourth-order valence-electron chi connectivity index (χ4n) is 2.29. The molecule has 0 fully saturated rings. The van der Waals surface area contributed by atoms with Crippen molar-refractivity contribution >= 4 is 0 Å². The second kappa shape index (κ2) is 5.86. The van der Waals surface area contributed by atoms with Gasteiger partial charge in [0.25, 0.3) is 0 Å². The van der Waals surface area contributed by atoms with Gasteiger partial charge in [0.1, 0.15) is 0 Å². The minimum absolute atomic E-state index is 0.580. The van der Waals surface area contributed by atoms with E-state index in [4.69, 9.17) is 0 Å². The second-order valence-corrected chi connectivity index (χ2v) is 5.41. The van der Waals surface area contributed by atoms with Crippen molar-refractivity contribution in [2.75, 3.05) is 0 Å². The molecular formula is C18H22. The molecule has 0 saturated heterocycles. The smallest absolute Gasteiger partial charge is 0.0150 e. The van der Waals surface area contributed by atoms with E-state index in [0.717, 1.165) is 6.42 Å². The maximum atomic E-state index is 2.30. The lowest BCUT2D eigenvalue weighted by molar-refractivity contribution is 0.757. The molecule has 0 radical (unpaired) electrons. The normalized spacial score (nSPS) is 12.7. The van der Waals surface area contributed by atoms with Gasteiger partial charge in [0, 0.05) is 0 Å². The van der Waals surface area contributed by atoms with Gasteiger partial charge >= 0.3 is 0 Å². The highest BCUT2D eigenvalue weighted by Crippen LogP contribution is 2.21. The highest BCUT2D eigenvalue weighted by Gasteiger charge is 2.06. The van der Waals surface area contributed by atoms with E-state index >= 15 is 0 Å². The van der Waals surface area contributed by atoms with Crippen LogP contribution in [0.1, 0.15) is 49.3 Å². The van der Waals surface area contributed by atoms with Crippen molar-refractivity contribution in [3.8, 4) is 0 Å². The summed E-state index contributed by atoms with van der Waals surface area (Å²) in [6, 6.07) is 19.8. The molecule has 0 N–H and O–H groups in total. The zero-order chi connectivity index (χ0) is 13.0. The topological polar surface area (TPSA) is 0 Å². The maximum absolute atomic E-state index is 2.30. The minimum atomic E-state index is 0.580. The van der Waals surface area contributed by atoms with Crippen molar-refractivity contribution in [1.82, 2.24) is 0 Å². The Kier molecular flexibility index (Phi) is 4.19. The molecule has 2 aromatic carbocycles. The molecule has 0 aliphatic heterocycles. The van der Waals surface area contributed by atoms with Gasteiger partial charge in [-0.3, -0.25) is 0 Å². The summed E-state index contributed by atoms with van der Waals surface area (Å²) >= 11 is 0. The first-order valence-electron chi connectivity index (χ1n) is 6.80. The Hall–Kier alpha value is -1.56. The van der Waals surface area contributed by atoms with Crippen LogP contribution in [-0.2, 0) is 6.42 Å². The van der Waals surface area contributed by atoms with E-state index in [1.165, 1.54) is 16.7 Å². The first-order chi connectivity index (χ1) is 8.66. The summed E-state index contributed by atoms with van der Waals surface area (Å²) in [5, 5.41) is 0. The molecule has 1 unspecified atom stereocenters. The second-order valence-electron chi connectivity index (χ2n) is 5.41. The number of hydrogen-bond donors (Lipinski definition) is 0. The summed E-state index contributed by atoms with van der Waals surface area (Å²) in [5.74, 6) is 1.20. The van der Waals surface area contributed by atoms with Crippen LogP contribution >= 0.6 is 0 Å². The van der Waals surface area contributed by atoms with E-state index in [9.17, 15) is 0 Å². The monoisotopic (exact) mass is 238 g/mol. The van der Waals surface area contributed by atoms with Crippen LogP contribution in [0.2, 0.25) is 0 Å². The van der Waals surface area contributed by atoms with Crippen LogP contribution in [-0.4, -0.2) is 0 Å². The molecule has 0 spiro atoms. The molecule has 0 heterocycles. The lowest BCUT2D eigenvalue weighted by atomic mass is 9.92. The van der Waals surface area contributed by atoms with Crippen LogP contribution in [0.3, 0.4) is 0 Å². The Labute approximate surface area is 111 Å². The van der Waals surface area contributed by atoms with E-state index < -0.39 is 0 Å². The van der Waals surface area contributed by atoms with Crippen LogP contribution in [0.5, 0.6) is 0 Å². The molecule has 0 bridgehead atoms. The van der Waals surface area contributed by atoms with Crippen LogP contribution in [0.4, 0.5) is 0 Å². The lowest BCUT2D eigenvalue weighted by Gasteiger charge is -2.13. The largest absolute Gasteiger partial charge is 0.0622 e. The lowest BCUT2D eigenvalue weighted by Crippen LogP contribution is -1.98. The molecular weight excluding hydrogens is 216 g/mol. The van der Waals surface area contributed by atoms with E-state index in [-0.39, 0.29) is 0 Å². The molecule has 0 heteroatoms. The minimum Gasteiger partial charge on any atom is -0.0622 e. The van der Waals surface area contributed by atoms with E-state index in [1.807, 2.05) is 0 Å². The Morgan fingerprint density at radius 1 is 0.722 bits per heavy atom. The van der Waals surface area contributed by atoms with Crippen LogP contribution < -0.4 is 0 Å². The highest BCUT2D eigenvalue weighted by molar-refractivity contribution is 5.27. The van der Waals surface area contributed by atoms with Gasteiger partial charge in [-0.25, -0.2) is 0 Å². The summed E-state index contributed by atoms with van der Waals surface area (Å²) in [6.45, 7) is 6.77. The number of hydrogen-bond acceptors (Lipinski definition) is 0. The van der Waals surface area contributed by atoms with E-state index in [1.54, 1.807) is 0 Å². The van der Waals surface area contributed by atoms with Crippen molar-refractivity contribution in [3.63, 3.8) is 0 Å². The summed E-state index contributed by atoms with van der Waals surface area (Å²) < 4.78 is 0. The number of rotatable bonds is 4. The van der Waals surface area contributed by atoms with Gasteiger partial charge < -0.3 is 0 Å². The first kappa shape index (κ1) is 12.9. The quantitative estimate of drug-likeness (QED) is 0.690. The van der Waals surface area contributed by atoms with Crippen LogP contribution in [0.15, 0.2) is 54.6 Å². The molecule has 2 rings (SSSR count). The van der Waals surface area contributed by atoms with Gasteiger partial charge in [0.15, 0.2) is 0 Å². The summed E-state index contributed by atoms with van der Waals surface area (Å²) in [7, 11) is 0. The SMILES string of the molecule is CC(C)c1ccc(CC(C)c2ccccc2)cc1. The van der Waals surface area contributed by atoms with Crippen molar-refractivity contribution in [2.24, 2.45) is 0 Å². The third-order valence-corrected chi connectivity index (χ3v) is 3.56. The van der Waals surface area contributed by atoms with Crippen molar-refractivity contribution in [2.45, 2.75) is 39.0 Å². The van der Waals surface area contributed by atoms with Gasteiger partial charge in [-0.05, 0) is 34.9 Å². The van der Waals surface area contributed by atoms with Crippen molar-refractivity contribution < 1.29 is 0 Å². The Balaban J connectivity index is 2.05. The van der Waals surface area contributed by atoms with E-state index in [0.29, 0.717) is 11.8 Å². The molecule has 0 aromatic heterocycles. The maximum Gasteiger partial charge on any atom is -0.0150 e. The number of benzene rings is 2. The standard InChI is InChI=1S/C18H22/c1-14(2)17-11-9-16(10-12-17)13-15(3)18-7-5-4-6-8-18/h4-12,14-15H,13H2,1-3H3. The van der Waals surface area contributed by atoms with Gasteiger partial charge in [-0.2, -0.15) is 0 Å². The Morgan fingerprint density at radius 3 is 1.89 bits per heavy atom. The summed E-state index contributed by atoms with van der Waals surface area (Å²) in [5.41, 5.74) is 4.27. The highest BCUT2D eigenvalue weighted by atomic mass is 14.1. The Bertz CT molecular complexity index is 465. The molecule has 94 valence electrons. The average molecular weight is 238 g/mol. The van der Waals surface area contributed by atoms with Crippen LogP contribution in [0, 0.1) is 0 Å². The molecule has 0 amide bonds. The van der Waals surface area contributed by atoms with Gasteiger partial charge in [-0.1, -0.05) is 75.4 Å². The van der Waals surface area contributed by atoms with Crippen molar-refractivity contribution in [3.05, 3.63) is 71.3 Å². The van der Waals surface area contributed by atoms with Gasteiger partial charge in [0.2, 0.25) is 0 Å². The fourth-order valence-corrected chi connectivity index (χ4v) is 2.29. The third-order valence-electron chi connectivity index (χ3n) is 3.56. The molecule has 0 aliphatic rings. The predicted octanol–water partition coefficient (Wildman–Crippen LogP) is 5.16. The van der Waals surface area contributed by atoms with Crippen molar-refractivity contribution in [1.29, 1.82) is 0 Å². The molecule has 0 nitrogen and oxygen atoms in total. The van der Waals surface area contributed by atoms with Gasteiger partial charge in [-0.15, -0.1) is 0 Å². The molecule has 2 aromatic rings. The molecule has 18 heavy (non-hydrogen) atoms.